The maximum absolute atomic E-state index is 5.46. The average Bonchev–Trinajstić information content (AvgIpc) is 2.47. The molecule has 0 rings (SSSR count). The highest BCUT2D eigenvalue weighted by atomic mass is 28.2. The van der Waals surface area contributed by atoms with Crippen molar-refractivity contribution in [2.45, 2.75) is 32.7 Å². The molecule has 0 aliphatic rings. The van der Waals surface area contributed by atoms with Gasteiger partial charge in [0, 0.05) is 6.61 Å². The van der Waals surface area contributed by atoms with Crippen molar-refractivity contribution >= 4 is 9.76 Å². The topological polar surface area (TPSA) is 46.2 Å². The smallest absolute Gasteiger partial charge is 0.229 e. The van der Waals surface area contributed by atoms with Crippen LogP contribution in [0.15, 0.2) is 0 Å². The third kappa shape index (κ3) is 18.0. The normalized spacial score (nSPS) is 11.1. The van der Waals surface area contributed by atoms with Crippen LogP contribution in [0.5, 0.6) is 0 Å². The van der Waals surface area contributed by atoms with Gasteiger partial charge in [0.15, 0.2) is 0 Å². The Balaban J connectivity index is 2.89. The van der Waals surface area contributed by atoms with Crippen molar-refractivity contribution in [2.75, 3.05) is 59.5 Å². The van der Waals surface area contributed by atoms with Gasteiger partial charge in [-0.15, -0.1) is 0 Å². The van der Waals surface area contributed by atoms with Crippen molar-refractivity contribution in [1.82, 2.24) is 0 Å². The van der Waals surface area contributed by atoms with Crippen molar-refractivity contribution in [3.05, 3.63) is 0 Å². The van der Waals surface area contributed by atoms with Crippen molar-refractivity contribution in [1.29, 1.82) is 0 Å². The maximum Gasteiger partial charge on any atom is 0.229 e. The van der Waals surface area contributed by atoms with Gasteiger partial charge in [0.25, 0.3) is 0 Å². The predicted molar refractivity (Wildman–Crippen MR) is 80.4 cm³/mol. The molecule has 0 amide bonds. The van der Waals surface area contributed by atoms with Crippen LogP contribution in [0.4, 0.5) is 0 Å². The SMILES string of the molecule is CCCC[Si]OCCOCCOCCOCCOCC. The van der Waals surface area contributed by atoms with E-state index in [-0.39, 0.29) is 0 Å². The molecule has 20 heavy (non-hydrogen) atoms. The zero-order valence-corrected chi connectivity index (χ0v) is 14.0. The first kappa shape index (κ1) is 20.0. The number of unbranched alkanes of at least 4 members (excludes halogenated alkanes) is 1. The zero-order valence-electron chi connectivity index (χ0n) is 13.0. The van der Waals surface area contributed by atoms with E-state index in [2.05, 4.69) is 6.92 Å². The van der Waals surface area contributed by atoms with Crippen LogP contribution in [0.2, 0.25) is 6.04 Å². The van der Waals surface area contributed by atoms with Crippen molar-refractivity contribution < 1.29 is 23.4 Å². The average molecular weight is 306 g/mol. The van der Waals surface area contributed by atoms with E-state index in [0.29, 0.717) is 62.6 Å². The maximum atomic E-state index is 5.46. The number of hydrogen-bond acceptors (Lipinski definition) is 5. The summed E-state index contributed by atoms with van der Waals surface area (Å²) in [7, 11) is 0.613. The van der Waals surface area contributed by atoms with Gasteiger partial charge in [-0.2, -0.15) is 0 Å². The molecule has 5 nitrogen and oxygen atoms in total. The van der Waals surface area contributed by atoms with Crippen LogP contribution in [0.1, 0.15) is 26.7 Å². The fourth-order valence-corrected chi connectivity index (χ4v) is 2.17. The van der Waals surface area contributed by atoms with Gasteiger partial charge >= 0.3 is 0 Å². The highest BCUT2D eigenvalue weighted by Gasteiger charge is 1.94. The molecule has 0 saturated carbocycles. The molecule has 120 valence electrons. The second-order valence-electron chi connectivity index (χ2n) is 4.13. The lowest BCUT2D eigenvalue weighted by molar-refractivity contribution is -0.00335. The molecular weight excluding hydrogens is 276 g/mol. The Morgan fingerprint density at radius 1 is 0.650 bits per heavy atom. The summed E-state index contributed by atoms with van der Waals surface area (Å²) in [6.45, 7) is 9.93. The number of hydrogen-bond donors (Lipinski definition) is 0. The Labute approximate surface area is 126 Å². The number of ether oxygens (including phenoxy) is 4. The highest BCUT2D eigenvalue weighted by molar-refractivity contribution is 6.26. The lowest BCUT2D eigenvalue weighted by Crippen LogP contribution is -2.13. The van der Waals surface area contributed by atoms with E-state index in [1.807, 2.05) is 6.92 Å². The van der Waals surface area contributed by atoms with E-state index in [1.165, 1.54) is 18.9 Å². The molecule has 0 atom stereocenters. The Bertz CT molecular complexity index is 154. The lowest BCUT2D eigenvalue weighted by atomic mass is 10.4. The molecule has 0 saturated heterocycles. The van der Waals surface area contributed by atoms with Gasteiger partial charge in [-0.25, -0.2) is 0 Å². The molecule has 0 heterocycles. The summed E-state index contributed by atoms with van der Waals surface area (Å²) in [5.74, 6) is 0. The van der Waals surface area contributed by atoms with E-state index in [9.17, 15) is 0 Å². The highest BCUT2D eigenvalue weighted by Crippen LogP contribution is 1.93. The van der Waals surface area contributed by atoms with E-state index >= 15 is 0 Å². The van der Waals surface area contributed by atoms with E-state index < -0.39 is 0 Å². The van der Waals surface area contributed by atoms with Gasteiger partial charge in [0.05, 0.1) is 52.9 Å². The van der Waals surface area contributed by atoms with E-state index in [1.54, 1.807) is 0 Å². The first-order chi connectivity index (χ1) is 9.91. The lowest BCUT2D eigenvalue weighted by Gasteiger charge is -2.07. The van der Waals surface area contributed by atoms with Gasteiger partial charge in [-0.05, 0) is 13.0 Å². The molecule has 0 aromatic rings. The Morgan fingerprint density at radius 2 is 1.15 bits per heavy atom. The zero-order chi connectivity index (χ0) is 14.7. The fraction of sp³-hybridized carbons (Fsp3) is 1.00. The van der Waals surface area contributed by atoms with Gasteiger partial charge in [0.2, 0.25) is 9.76 Å². The summed E-state index contributed by atoms with van der Waals surface area (Å²) in [6, 6.07) is 1.17. The molecular formula is C14H30O5Si. The van der Waals surface area contributed by atoms with Crippen molar-refractivity contribution in [3.8, 4) is 0 Å². The first-order valence-corrected chi connectivity index (χ1v) is 8.69. The van der Waals surface area contributed by atoms with E-state index in [4.69, 9.17) is 23.4 Å². The number of rotatable bonds is 17. The second-order valence-corrected chi connectivity index (χ2v) is 5.21. The Hall–Kier alpha value is 0.0169. The molecule has 0 aliphatic carbocycles. The summed E-state index contributed by atoms with van der Waals surface area (Å²) < 4.78 is 26.7. The molecule has 6 heteroatoms. The molecule has 0 bridgehead atoms. The summed E-state index contributed by atoms with van der Waals surface area (Å²) in [6.07, 6.45) is 2.49. The van der Waals surface area contributed by atoms with Crippen molar-refractivity contribution in [3.63, 3.8) is 0 Å². The van der Waals surface area contributed by atoms with Gasteiger partial charge < -0.3 is 23.4 Å². The van der Waals surface area contributed by atoms with Crippen LogP contribution in [0.3, 0.4) is 0 Å². The third-order valence-corrected chi connectivity index (χ3v) is 3.35. The second kappa shape index (κ2) is 19.0. The minimum absolute atomic E-state index is 0.602. The van der Waals surface area contributed by atoms with Crippen molar-refractivity contribution in [2.24, 2.45) is 0 Å². The van der Waals surface area contributed by atoms with Crippen LogP contribution in [-0.4, -0.2) is 69.2 Å². The van der Waals surface area contributed by atoms with Crippen LogP contribution in [-0.2, 0) is 23.4 Å². The Morgan fingerprint density at radius 3 is 1.65 bits per heavy atom. The van der Waals surface area contributed by atoms with Crippen LogP contribution >= 0.6 is 0 Å². The molecule has 0 fully saturated rings. The minimum Gasteiger partial charge on any atom is -0.415 e. The summed E-state index contributed by atoms with van der Waals surface area (Å²) >= 11 is 0. The van der Waals surface area contributed by atoms with E-state index in [0.717, 1.165) is 6.61 Å². The summed E-state index contributed by atoms with van der Waals surface area (Å²) in [5.41, 5.74) is 0. The van der Waals surface area contributed by atoms with Gasteiger partial charge in [-0.1, -0.05) is 19.8 Å². The van der Waals surface area contributed by atoms with Crippen LogP contribution < -0.4 is 0 Å². The van der Waals surface area contributed by atoms with Crippen LogP contribution in [0, 0.1) is 0 Å². The minimum atomic E-state index is 0.602. The fourth-order valence-electron chi connectivity index (χ4n) is 1.30. The molecule has 0 N–H and O–H groups in total. The third-order valence-electron chi connectivity index (χ3n) is 2.38. The molecule has 0 aromatic heterocycles. The largest absolute Gasteiger partial charge is 0.415 e. The first-order valence-electron chi connectivity index (χ1n) is 7.57. The summed E-state index contributed by atoms with van der Waals surface area (Å²) in [5, 5.41) is 0. The standard InChI is InChI=1S/C14H30O5Si/c1-3-5-14-20-19-13-12-18-11-10-17-9-8-16-7-6-15-4-2/h3-14H2,1-2H3. The van der Waals surface area contributed by atoms with Gasteiger partial charge in [-0.3, -0.25) is 0 Å². The molecule has 0 spiro atoms. The monoisotopic (exact) mass is 306 g/mol. The molecule has 2 radical (unpaired) electrons. The molecule has 0 aliphatic heterocycles. The summed E-state index contributed by atoms with van der Waals surface area (Å²) in [4.78, 5) is 0. The van der Waals surface area contributed by atoms with Crippen LogP contribution in [0.25, 0.3) is 0 Å². The molecule has 0 aromatic carbocycles. The quantitative estimate of drug-likeness (QED) is 0.303. The predicted octanol–water partition coefficient (Wildman–Crippen LogP) is 1.93. The Kier molecular flexibility index (Phi) is 19.0. The molecule has 0 unspecified atom stereocenters. The van der Waals surface area contributed by atoms with Gasteiger partial charge in [0.1, 0.15) is 0 Å².